The Morgan fingerprint density at radius 2 is 2.22 bits per heavy atom. The molecular weight excluding hydrogens is 314 g/mol. The molecule has 2 aromatic rings. The lowest BCUT2D eigenvalue weighted by Gasteiger charge is -2.06. The number of benzene rings is 1. The second kappa shape index (κ2) is 5.58. The molecule has 2 rings (SSSR count). The average molecular weight is 326 g/mol. The fourth-order valence-electron chi connectivity index (χ4n) is 1.49. The third-order valence-electron chi connectivity index (χ3n) is 2.35. The van der Waals surface area contributed by atoms with Crippen LogP contribution in [0.25, 0.3) is 0 Å². The highest BCUT2D eigenvalue weighted by atomic mass is 79.9. The molecule has 4 nitrogen and oxygen atoms in total. The van der Waals surface area contributed by atoms with Gasteiger partial charge in [-0.25, -0.2) is 0 Å². The van der Waals surface area contributed by atoms with Gasteiger partial charge in [0.25, 0.3) is 5.91 Å². The molecule has 0 radical (unpaired) electrons. The minimum Gasteiger partial charge on any atom is -0.321 e. The summed E-state index contributed by atoms with van der Waals surface area (Å²) in [7, 11) is 0. The van der Waals surface area contributed by atoms with Crippen LogP contribution in [0.4, 0.5) is 5.69 Å². The van der Waals surface area contributed by atoms with E-state index in [0.29, 0.717) is 4.88 Å². The molecule has 1 N–H and O–H groups in total. The molecule has 1 aromatic heterocycles. The molecule has 1 heterocycles. The monoisotopic (exact) mass is 325 g/mol. The van der Waals surface area contributed by atoms with E-state index in [-0.39, 0.29) is 11.8 Å². The van der Waals surface area contributed by atoms with Crippen LogP contribution in [0.2, 0.25) is 0 Å². The van der Waals surface area contributed by atoms with E-state index in [4.69, 9.17) is 0 Å². The molecule has 0 bridgehead atoms. The van der Waals surface area contributed by atoms with Crippen LogP contribution in [-0.2, 0) is 0 Å². The quantitative estimate of drug-likeness (QED) is 0.936. The third-order valence-corrected chi connectivity index (χ3v) is 3.58. The van der Waals surface area contributed by atoms with Crippen molar-refractivity contribution in [1.29, 1.82) is 0 Å². The van der Waals surface area contributed by atoms with Gasteiger partial charge in [0.15, 0.2) is 0 Å². The van der Waals surface area contributed by atoms with Gasteiger partial charge in [0.05, 0.1) is 5.69 Å². The van der Waals surface area contributed by atoms with Gasteiger partial charge >= 0.3 is 0 Å². The Labute approximate surface area is 118 Å². The summed E-state index contributed by atoms with van der Waals surface area (Å²) in [5, 5.41) is 6.84. The first kappa shape index (κ1) is 13.2. The van der Waals surface area contributed by atoms with Crippen molar-refractivity contribution >= 4 is 39.1 Å². The molecule has 0 saturated carbocycles. The summed E-state index contributed by atoms with van der Waals surface area (Å²) < 4.78 is 4.77. The lowest BCUT2D eigenvalue weighted by molar-refractivity contribution is 0.102. The molecule has 6 heteroatoms. The SMILES string of the molecule is CC(C)c1nnsc1C(=O)Nc1cccc(Br)c1. The van der Waals surface area contributed by atoms with Crippen molar-refractivity contribution < 1.29 is 4.79 Å². The first-order valence-corrected chi connectivity index (χ1v) is 7.03. The lowest BCUT2D eigenvalue weighted by Crippen LogP contribution is -2.13. The average Bonchev–Trinajstić information content (AvgIpc) is 2.77. The number of aromatic nitrogens is 2. The zero-order valence-electron chi connectivity index (χ0n) is 9.98. The molecule has 0 aliphatic heterocycles. The third kappa shape index (κ3) is 2.94. The van der Waals surface area contributed by atoms with Gasteiger partial charge in [0.2, 0.25) is 0 Å². The van der Waals surface area contributed by atoms with Crippen LogP contribution in [0, 0.1) is 0 Å². The highest BCUT2D eigenvalue weighted by molar-refractivity contribution is 9.10. The molecule has 18 heavy (non-hydrogen) atoms. The molecule has 0 saturated heterocycles. The maximum Gasteiger partial charge on any atom is 0.269 e. The topological polar surface area (TPSA) is 54.9 Å². The van der Waals surface area contributed by atoms with Gasteiger partial charge in [-0.2, -0.15) is 0 Å². The molecule has 94 valence electrons. The van der Waals surface area contributed by atoms with E-state index >= 15 is 0 Å². The van der Waals surface area contributed by atoms with Gasteiger partial charge in [-0.05, 0) is 35.6 Å². The standard InChI is InChI=1S/C12H12BrN3OS/c1-7(2)10-11(18-16-15-10)12(17)14-9-5-3-4-8(13)6-9/h3-7H,1-2H3,(H,14,17). The van der Waals surface area contributed by atoms with Gasteiger partial charge in [-0.1, -0.05) is 40.3 Å². The van der Waals surface area contributed by atoms with Crippen molar-refractivity contribution in [2.24, 2.45) is 0 Å². The van der Waals surface area contributed by atoms with E-state index in [0.717, 1.165) is 27.4 Å². The number of hydrogen-bond donors (Lipinski definition) is 1. The van der Waals surface area contributed by atoms with Gasteiger partial charge in [0.1, 0.15) is 4.88 Å². The maximum atomic E-state index is 12.1. The summed E-state index contributed by atoms with van der Waals surface area (Å²) in [6, 6.07) is 7.46. The fraction of sp³-hybridized carbons (Fsp3) is 0.250. The predicted molar refractivity (Wildman–Crippen MR) is 76.1 cm³/mol. The number of amides is 1. The van der Waals surface area contributed by atoms with Gasteiger partial charge in [-0.3, -0.25) is 4.79 Å². The summed E-state index contributed by atoms with van der Waals surface area (Å²) in [6.07, 6.45) is 0. The highest BCUT2D eigenvalue weighted by Crippen LogP contribution is 2.22. The van der Waals surface area contributed by atoms with Crippen LogP contribution in [-0.4, -0.2) is 15.5 Å². The normalized spacial score (nSPS) is 10.7. The first-order chi connectivity index (χ1) is 8.58. The highest BCUT2D eigenvalue weighted by Gasteiger charge is 2.18. The summed E-state index contributed by atoms with van der Waals surface area (Å²) in [4.78, 5) is 12.7. The summed E-state index contributed by atoms with van der Waals surface area (Å²) in [5.74, 6) is 0.0267. The molecule has 0 atom stereocenters. The summed E-state index contributed by atoms with van der Waals surface area (Å²) in [5.41, 5.74) is 1.49. The number of nitrogens with zero attached hydrogens (tertiary/aromatic N) is 2. The maximum absolute atomic E-state index is 12.1. The number of nitrogens with one attached hydrogen (secondary N) is 1. The Morgan fingerprint density at radius 1 is 1.44 bits per heavy atom. The van der Waals surface area contributed by atoms with Crippen LogP contribution in [0.1, 0.15) is 35.1 Å². The van der Waals surface area contributed by atoms with Crippen molar-refractivity contribution in [3.8, 4) is 0 Å². The molecule has 1 aromatic carbocycles. The van der Waals surface area contributed by atoms with Gasteiger partial charge < -0.3 is 5.32 Å². The molecule has 0 unspecified atom stereocenters. The Hall–Kier alpha value is -1.27. The van der Waals surface area contributed by atoms with Crippen LogP contribution in [0.15, 0.2) is 28.7 Å². The Balaban J connectivity index is 2.20. The summed E-state index contributed by atoms with van der Waals surface area (Å²) in [6.45, 7) is 3.99. The molecule has 0 spiro atoms. The minimum absolute atomic E-state index is 0.160. The van der Waals surface area contributed by atoms with E-state index in [9.17, 15) is 4.79 Å². The first-order valence-electron chi connectivity index (χ1n) is 5.47. The van der Waals surface area contributed by atoms with Crippen molar-refractivity contribution in [3.63, 3.8) is 0 Å². The van der Waals surface area contributed by atoms with Crippen molar-refractivity contribution in [2.75, 3.05) is 5.32 Å². The zero-order valence-corrected chi connectivity index (χ0v) is 12.4. The Kier molecular flexibility index (Phi) is 4.08. The van der Waals surface area contributed by atoms with Gasteiger partial charge in [-0.15, -0.1) is 5.10 Å². The molecular formula is C12H12BrN3OS. The Morgan fingerprint density at radius 3 is 2.89 bits per heavy atom. The predicted octanol–water partition coefficient (Wildman–Crippen LogP) is 3.68. The van der Waals surface area contributed by atoms with Crippen molar-refractivity contribution in [2.45, 2.75) is 19.8 Å². The van der Waals surface area contributed by atoms with Crippen LogP contribution < -0.4 is 5.32 Å². The number of carbonyl (C=O) groups is 1. The number of carbonyl (C=O) groups excluding carboxylic acids is 1. The van der Waals surface area contributed by atoms with Crippen LogP contribution in [0.3, 0.4) is 0 Å². The second-order valence-electron chi connectivity index (χ2n) is 4.11. The smallest absolute Gasteiger partial charge is 0.269 e. The molecule has 0 aliphatic rings. The van der Waals surface area contributed by atoms with E-state index in [2.05, 4.69) is 30.8 Å². The van der Waals surface area contributed by atoms with E-state index in [1.807, 2.05) is 38.1 Å². The fourth-order valence-corrected chi connectivity index (χ4v) is 2.60. The summed E-state index contributed by atoms with van der Waals surface area (Å²) >= 11 is 4.49. The zero-order chi connectivity index (χ0) is 13.1. The van der Waals surface area contributed by atoms with Crippen molar-refractivity contribution in [3.05, 3.63) is 39.3 Å². The van der Waals surface area contributed by atoms with E-state index in [1.54, 1.807) is 0 Å². The van der Waals surface area contributed by atoms with Gasteiger partial charge in [0, 0.05) is 10.2 Å². The van der Waals surface area contributed by atoms with Crippen molar-refractivity contribution in [1.82, 2.24) is 9.59 Å². The minimum atomic E-state index is -0.160. The second-order valence-corrected chi connectivity index (χ2v) is 5.78. The number of halogens is 1. The molecule has 0 aliphatic carbocycles. The van der Waals surface area contributed by atoms with Crippen LogP contribution >= 0.6 is 27.5 Å². The lowest BCUT2D eigenvalue weighted by atomic mass is 10.1. The van der Waals surface area contributed by atoms with E-state index < -0.39 is 0 Å². The largest absolute Gasteiger partial charge is 0.321 e. The number of hydrogen-bond acceptors (Lipinski definition) is 4. The Bertz CT molecular complexity index is 568. The van der Waals surface area contributed by atoms with Crippen LogP contribution in [0.5, 0.6) is 0 Å². The molecule has 0 fully saturated rings. The van der Waals surface area contributed by atoms with E-state index in [1.165, 1.54) is 0 Å². The number of rotatable bonds is 3. The molecule has 1 amide bonds. The number of anilines is 1.